The summed E-state index contributed by atoms with van der Waals surface area (Å²) in [6, 6.07) is 3.56. The molecule has 0 saturated heterocycles. The minimum absolute atomic E-state index is 0.0810. The van der Waals surface area contributed by atoms with Crippen LogP contribution in [0.25, 0.3) is 0 Å². The SMILES string of the molecule is CN1C(=O)c2ccc(C(=O)NC3CCCC(C(F)(F)F)C3)cc2C1=O. The van der Waals surface area contributed by atoms with Crippen molar-refractivity contribution in [2.45, 2.75) is 37.9 Å². The van der Waals surface area contributed by atoms with Crippen molar-refractivity contribution in [3.05, 3.63) is 34.9 Å². The maximum absolute atomic E-state index is 12.9. The molecule has 3 rings (SSSR count). The minimum Gasteiger partial charge on any atom is -0.349 e. The molecule has 2 aliphatic rings. The zero-order chi connectivity index (χ0) is 18.4. The average molecular weight is 354 g/mol. The van der Waals surface area contributed by atoms with Crippen molar-refractivity contribution in [3.63, 3.8) is 0 Å². The van der Waals surface area contributed by atoms with E-state index in [0.29, 0.717) is 12.8 Å². The van der Waals surface area contributed by atoms with Crippen molar-refractivity contribution in [1.29, 1.82) is 0 Å². The lowest BCUT2D eigenvalue weighted by Crippen LogP contribution is -2.41. The van der Waals surface area contributed by atoms with Crippen LogP contribution < -0.4 is 5.32 Å². The highest BCUT2D eigenvalue weighted by Crippen LogP contribution is 2.37. The second-order valence-electron chi connectivity index (χ2n) is 6.51. The lowest BCUT2D eigenvalue weighted by atomic mass is 9.85. The predicted octanol–water partition coefficient (Wildman–Crippen LogP) is 2.76. The number of hydrogen-bond acceptors (Lipinski definition) is 3. The number of carbonyl (C=O) groups is 3. The van der Waals surface area contributed by atoms with E-state index in [-0.39, 0.29) is 29.5 Å². The minimum atomic E-state index is -4.26. The normalized spacial score (nSPS) is 23.6. The molecule has 5 nitrogen and oxygen atoms in total. The summed E-state index contributed by atoms with van der Waals surface area (Å²) in [5.74, 6) is -2.87. The predicted molar refractivity (Wildman–Crippen MR) is 82.1 cm³/mol. The number of hydrogen-bond donors (Lipinski definition) is 1. The largest absolute Gasteiger partial charge is 0.391 e. The summed E-state index contributed by atoms with van der Waals surface area (Å²) >= 11 is 0. The van der Waals surface area contributed by atoms with Crippen LogP contribution in [0.15, 0.2) is 18.2 Å². The van der Waals surface area contributed by atoms with Gasteiger partial charge in [-0.15, -0.1) is 0 Å². The van der Waals surface area contributed by atoms with Gasteiger partial charge in [-0.1, -0.05) is 6.42 Å². The Bertz CT molecular complexity index is 745. The van der Waals surface area contributed by atoms with E-state index >= 15 is 0 Å². The van der Waals surface area contributed by atoms with Crippen molar-refractivity contribution in [2.24, 2.45) is 5.92 Å². The van der Waals surface area contributed by atoms with E-state index in [1.165, 1.54) is 25.2 Å². The number of imide groups is 1. The topological polar surface area (TPSA) is 66.5 Å². The third kappa shape index (κ3) is 3.25. The second kappa shape index (κ2) is 6.16. The first-order chi connectivity index (χ1) is 11.7. The smallest absolute Gasteiger partial charge is 0.349 e. The summed E-state index contributed by atoms with van der Waals surface area (Å²) in [6.07, 6.45) is -3.42. The Balaban J connectivity index is 1.73. The molecule has 1 aromatic carbocycles. The number of carbonyl (C=O) groups excluding carboxylic acids is 3. The van der Waals surface area contributed by atoms with E-state index < -0.39 is 35.9 Å². The Morgan fingerprint density at radius 2 is 1.84 bits per heavy atom. The molecular weight excluding hydrogens is 337 g/mol. The summed E-state index contributed by atoms with van der Waals surface area (Å²) in [6.45, 7) is 0. The maximum Gasteiger partial charge on any atom is 0.391 e. The van der Waals surface area contributed by atoms with Crippen LogP contribution in [0.3, 0.4) is 0 Å². The summed E-state index contributed by atoms with van der Waals surface area (Å²) in [4.78, 5) is 37.1. The van der Waals surface area contributed by atoms with Gasteiger partial charge in [-0.05, 0) is 37.5 Å². The van der Waals surface area contributed by atoms with E-state index in [9.17, 15) is 27.6 Å². The van der Waals surface area contributed by atoms with Gasteiger partial charge in [0.25, 0.3) is 17.7 Å². The number of benzene rings is 1. The maximum atomic E-state index is 12.9. The number of halogens is 3. The zero-order valence-electron chi connectivity index (χ0n) is 13.5. The van der Waals surface area contributed by atoms with Gasteiger partial charge in [-0.3, -0.25) is 19.3 Å². The Morgan fingerprint density at radius 1 is 1.16 bits per heavy atom. The van der Waals surface area contributed by atoms with Gasteiger partial charge in [0.15, 0.2) is 0 Å². The van der Waals surface area contributed by atoms with Crippen molar-refractivity contribution < 1.29 is 27.6 Å². The fourth-order valence-corrected chi connectivity index (χ4v) is 3.39. The highest BCUT2D eigenvalue weighted by molar-refractivity contribution is 6.21. The van der Waals surface area contributed by atoms with Crippen LogP contribution in [-0.4, -0.2) is 41.9 Å². The molecule has 25 heavy (non-hydrogen) atoms. The highest BCUT2D eigenvalue weighted by Gasteiger charge is 2.42. The standard InChI is InChI=1S/C17H17F3N2O3/c1-22-15(24)12-6-5-9(7-13(12)16(22)25)14(23)21-11-4-2-3-10(8-11)17(18,19)20/h5-7,10-11H,2-4,8H2,1H3,(H,21,23). The number of amides is 3. The Hall–Kier alpha value is -2.38. The van der Waals surface area contributed by atoms with Crippen LogP contribution in [0.5, 0.6) is 0 Å². The molecule has 1 aliphatic heterocycles. The molecule has 134 valence electrons. The van der Waals surface area contributed by atoms with Gasteiger partial charge < -0.3 is 5.32 Å². The van der Waals surface area contributed by atoms with Gasteiger partial charge in [0.05, 0.1) is 17.0 Å². The monoisotopic (exact) mass is 354 g/mol. The molecule has 1 saturated carbocycles. The van der Waals surface area contributed by atoms with Gasteiger partial charge in [0.1, 0.15) is 0 Å². The van der Waals surface area contributed by atoms with Crippen LogP contribution in [0.2, 0.25) is 0 Å². The van der Waals surface area contributed by atoms with Gasteiger partial charge in [-0.25, -0.2) is 0 Å². The van der Waals surface area contributed by atoms with Crippen molar-refractivity contribution in [2.75, 3.05) is 7.05 Å². The fraction of sp³-hybridized carbons (Fsp3) is 0.471. The third-order valence-corrected chi connectivity index (χ3v) is 4.82. The number of nitrogens with zero attached hydrogens (tertiary/aromatic N) is 1. The van der Waals surface area contributed by atoms with Crippen molar-refractivity contribution in [1.82, 2.24) is 10.2 Å². The van der Waals surface area contributed by atoms with E-state index in [1.54, 1.807) is 0 Å². The summed E-state index contributed by atoms with van der Waals surface area (Å²) in [7, 11) is 1.35. The molecule has 2 atom stereocenters. The summed E-state index contributed by atoms with van der Waals surface area (Å²) < 4.78 is 38.6. The Labute approximate surface area is 142 Å². The van der Waals surface area contributed by atoms with Crippen LogP contribution in [-0.2, 0) is 0 Å². The van der Waals surface area contributed by atoms with E-state index in [0.717, 1.165) is 4.90 Å². The van der Waals surface area contributed by atoms with Crippen molar-refractivity contribution in [3.8, 4) is 0 Å². The van der Waals surface area contributed by atoms with Gasteiger partial charge in [0.2, 0.25) is 0 Å². The lowest BCUT2D eigenvalue weighted by molar-refractivity contribution is -0.183. The molecule has 3 amide bonds. The number of fused-ring (bicyclic) bond motifs is 1. The molecule has 1 aliphatic carbocycles. The van der Waals surface area contributed by atoms with Gasteiger partial charge in [-0.2, -0.15) is 13.2 Å². The highest BCUT2D eigenvalue weighted by atomic mass is 19.4. The molecule has 0 bridgehead atoms. The zero-order valence-corrected chi connectivity index (χ0v) is 13.5. The molecule has 0 radical (unpaired) electrons. The molecule has 2 unspecified atom stereocenters. The first-order valence-corrected chi connectivity index (χ1v) is 8.02. The first-order valence-electron chi connectivity index (χ1n) is 8.02. The number of rotatable bonds is 2. The van der Waals surface area contributed by atoms with Crippen molar-refractivity contribution >= 4 is 17.7 Å². The second-order valence-corrected chi connectivity index (χ2v) is 6.51. The Kier molecular flexibility index (Phi) is 4.30. The van der Waals surface area contributed by atoms with E-state index in [4.69, 9.17) is 0 Å². The molecule has 1 N–H and O–H groups in total. The Morgan fingerprint density at radius 3 is 2.52 bits per heavy atom. The van der Waals surface area contributed by atoms with Gasteiger partial charge >= 0.3 is 6.18 Å². The van der Waals surface area contributed by atoms with Gasteiger partial charge in [0, 0.05) is 18.7 Å². The quantitative estimate of drug-likeness (QED) is 0.831. The fourth-order valence-electron chi connectivity index (χ4n) is 3.39. The molecular formula is C17H17F3N2O3. The molecule has 1 aromatic rings. The molecule has 1 fully saturated rings. The molecule has 8 heteroatoms. The van der Waals surface area contributed by atoms with E-state index in [2.05, 4.69) is 5.32 Å². The summed E-state index contributed by atoms with van der Waals surface area (Å²) in [5.41, 5.74) is 0.514. The average Bonchev–Trinajstić information content (AvgIpc) is 2.78. The third-order valence-electron chi connectivity index (χ3n) is 4.82. The molecule has 1 heterocycles. The number of alkyl halides is 3. The lowest BCUT2D eigenvalue weighted by Gasteiger charge is -2.31. The van der Waals surface area contributed by atoms with Crippen LogP contribution in [0.1, 0.15) is 56.8 Å². The van der Waals surface area contributed by atoms with Crippen LogP contribution in [0, 0.1) is 5.92 Å². The van der Waals surface area contributed by atoms with E-state index in [1.807, 2.05) is 0 Å². The summed E-state index contributed by atoms with van der Waals surface area (Å²) in [5, 5.41) is 2.62. The number of nitrogens with one attached hydrogen (secondary N) is 1. The molecule has 0 spiro atoms. The molecule has 0 aromatic heterocycles. The first kappa shape index (κ1) is 17.4. The van der Waals surface area contributed by atoms with Crippen LogP contribution >= 0.6 is 0 Å². The van der Waals surface area contributed by atoms with Crippen LogP contribution in [0.4, 0.5) is 13.2 Å².